The number of hydrogen-bond donors (Lipinski definition) is 2. The van der Waals surface area contributed by atoms with Gasteiger partial charge in [0.1, 0.15) is 0 Å². The van der Waals surface area contributed by atoms with Gasteiger partial charge in [0, 0.05) is 32.5 Å². The molecule has 2 aliphatic rings. The van der Waals surface area contributed by atoms with Crippen LogP contribution < -0.4 is 10.6 Å². The lowest BCUT2D eigenvalue weighted by molar-refractivity contribution is -0.122. The third-order valence-corrected chi connectivity index (χ3v) is 4.58. The van der Waals surface area contributed by atoms with Gasteiger partial charge in [-0.05, 0) is 36.3 Å². The molecule has 0 bridgehead atoms. The molecule has 0 radical (unpaired) electrons. The van der Waals surface area contributed by atoms with E-state index < -0.39 is 0 Å². The lowest BCUT2D eigenvalue weighted by Crippen LogP contribution is -2.35. The molecule has 1 saturated carbocycles. The van der Waals surface area contributed by atoms with Crippen molar-refractivity contribution in [1.29, 1.82) is 0 Å². The van der Waals surface area contributed by atoms with Crippen LogP contribution in [0.3, 0.4) is 0 Å². The predicted octanol–water partition coefficient (Wildman–Crippen LogP) is 2.13. The third kappa shape index (κ3) is 2.66. The minimum atomic E-state index is -0.0515. The number of amides is 1. The molecule has 1 unspecified atom stereocenters. The maximum atomic E-state index is 12.4. The number of rotatable bonds is 6. The fourth-order valence-corrected chi connectivity index (χ4v) is 2.93. The van der Waals surface area contributed by atoms with Gasteiger partial charge in [-0.2, -0.15) is 0 Å². The van der Waals surface area contributed by atoms with E-state index in [9.17, 15) is 4.79 Å². The van der Waals surface area contributed by atoms with Gasteiger partial charge in [-0.25, -0.2) is 0 Å². The second-order valence-electron chi connectivity index (χ2n) is 5.98. The Balaban J connectivity index is 1.56. The number of methoxy groups -OCH3 is 1. The Hall–Kier alpha value is -1.55. The quantitative estimate of drug-likeness (QED) is 0.835. The van der Waals surface area contributed by atoms with Crippen molar-refractivity contribution >= 4 is 11.6 Å². The maximum absolute atomic E-state index is 12.4. The molecule has 1 amide bonds. The van der Waals surface area contributed by atoms with Crippen LogP contribution in [0.25, 0.3) is 0 Å². The number of carbonyl (C=O) groups excluding carboxylic acids is 1. The minimum Gasteiger partial charge on any atom is -0.385 e. The van der Waals surface area contributed by atoms with Crippen LogP contribution in [0.15, 0.2) is 24.3 Å². The zero-order valence-electron chi connectivity index (χ0n) is 11.9. The number of anilines is 1. The van der Waals surface area contributed by atoms with Crippen molar-refractivity contribution in [2.45, 2.75) is 25.2 Å². The molecule has 4 nitrogen and oxygen atoms in total. The average molecular weight is 274 g/mol. The van der Waals surface area contributed by atoms with E-state index in [-0.39, 0.29) is 11.8 Å². The Labute approximate surface area is 119 Å². The summed E-state index contributed by atoms with van der Waals surface area (Å²) < 4.78 is 5.15. The predicted molar refractivity (Wildman–Crippen MR) is 78.8 cm³/mol. The van der Waals surface area contributed by atoms with Gasteiger partial charge >= 0.3 is 0 Å². The van der Waals surface area contributed by atoms with E-state index in [2.05, 4.69) is 10.6 Å². The molecule has 108 valence electrons. The Morgan fingerprint density at radius 3 is 3.00 bits per heavy atom. The Kier molecular flexibility index (Phi) is 3.66. The summed E-state index contributed by atoms with van der Waals surface area (Å²) in [5, 5.41) is 6.44. The molecule has 1 aliphatic carbocycles. The molecule has 1 heterocycles. The van der Waals surface area contributed by atoms with E-state index in [0.717, 1.165) is 30.8 Å². The van der Waals surface area contributed by atoms with Crippen molar-refractivity contribution in [3.8, 4) is 0 Å². The summed E-state index contributed by atoms with van der Waals surface area (Å²) in [6.45, 7) is 2.27. The molecule has 1 aliphatic heterocycles. The summed E-state index contributed by atoms with van der Waals surface area (Å²) in [4.78, 5) is 12.4. The van der Waals surface area contributed by atoms with Crippen LogP contribution >= 0.6 is 0 Å². The molecule has 20 heavy (non-hydrogen) atoms. The van der Waals surface area contributed by atoms with Gasteiger partial charge in [0.15, 0.2) is 0 Å². The van der Waals surface area contributed by atoms with Crippen molar-refractivity contribution < 1.29 is 9.53 Å². The van der Waals surface area contributed by atoms with Gasteiger partial charge in [0.2, 0.25) is 5.91 Å². The lowest BCUT2D eigenvalue weighted by Gasteiger charge is -2.17. The normalized spacial score (nSPS) is 21.9. The van der Waals surface area contributed by atoms with Gasteiger partial charge in [-0.15, -0.1) is 0 Å². The summed E-state index contributed by atoms with van der Waals surface area (Å²) in [5.41, 5.74) is 2.51. The molecule has 0 spiro atoms. The highest BCUT2D eigenvalue weighted by Gasteiger charge is 2.42. The van der Waals surface area contributed by atoms with Gasteiger partial charge in [-0.1, -0.05) is 18.2 Å². The first-order valence-corrected chi connectivity index (χ1v) is 7.34. The van der Waals surface area contributed by atoms with Crippen LogP contribution in [-0.2, 0) is 9.53 Å². The molecule has 3 rings (SSSR count). The topological polar surface area (TPSA) is 50.4 Å². The summed E-state index contributed by atoms with van der Waals surface area (Å²) in [5.74, 6) is 0.0931. The molecule has 2 N–H and O–H groups in total. The number of ether oxygens (including phenoxy) is 1. The van der Waals surface area contributed by atoms with Crippen LogP contribution in [0.5, 0.6) is 0 Å². The number of nitrogens with one attached hydrogen (secondary N) is 2. The first kappa shape index (κ1) is 13.4. The van der Waals surface area contributed by atoms with Crippen molar-refractivity contribution in [3.63, 3.8) is 0 Å². The maximum Gasteiger partial charge on any atom is 0.229 e. The zero-order valence-corrected chi connectivity index (χ0v) is 11.9. The molecule has 0 aromatic heterocycles. The molecule has 1 aromatic carbocycles. The Morgan fingerprint density at radius 2 is 2.25 bits per heavy atom. The second-order valence-corrected chi connectivity index (χ2v) is 5.98. The Morgan fingerprint density at radius 1 is 1.45 bits per heavy atom. The van der Waals surface area contributed by atoms with Crippen molar-refractivity contribution in [2.24, 2.45) is 5.41 Å². The molecule has 1 fully saturated rings. The van der Waals surface area contributed by atoms with E-state index in [4.69, 9.17) is 4.74 Å². The second kappa shape index (κ2) is 5.44. The highest BCUT2D eigenvalue weighted by atomic mass is 16.5. The Bertz CT molecular complexity index is 497. The van der Waals surface area contributed by atoms with Crippen LogP contribution in [-0.4, -0.2) is 32.7 Å². The average Bonchev–Trinajstić information content (AvgIpc) is 3.12. The highest BCUT2D eigenvalue weighted by molar-refractivity contribution is 5.88. The highest BCUT2D eigenvalue weighted by Crippen LogP contribution is 2.48. The number of hydrogen-bond acceptors (Lipinski definition) is 3. The third-order valence-electron chi connectivity index (χ3n) is 4.58. The fourth-order valence-electron chi connectivity index (χ4n) is 2.93. The van der Waals surface area contributed by atoms with Gasteiger partial charge in [0.05, 0.1) is 5.92 Å². The number of para-hydroxylation sites is 1. The van der Waals surface area contributed by atoms with E-state index in [1.54, 1.807) is 7.11 Å². The first-order valence-electron chi connectivity index (χ1n) is 7.34. The molecule has 1 atom stereocenters. The zero-order chi connectivity index (χ0) is 14.0. The smallest absolute Gasteiger partial charge is 0.229 e. The molecular formula is C16H22N2O2. The van der Waals surface area contributed by atoms with Gasteiger partial charge in [0.25, 0.3) is 0 Å². The SMILES string of the molecule is COCCC1(CNC(=O)C2CNc3ccccc32)CC1. The summed E-state index contributed by atoms with van der Waals surface area (Å²) in [7, 11) is 1.73. The van der Waals surface area contributed by atoms with Crippen molar-refractivity contribution in [2.75, 3.05) is 32.1 Å². The largest absolute Gasteiger partial charge is 0.385 e. The van der Waals surface area contributed by atoms with Gasteiger partial charge < -0.3 is 15.4 Å². The van der Waals surface area contributed by atoms with E-state index in [0.29, 0.717) is 12.0 Å². The molecule has 1 aromatic rings. The lowest BCUT2D eigenvalue weighted by atomic mass is 9.99. The van der Waals surface area contributed by atoms with Gasteiger partial charge in [-0.3, -0.25) is 4.79 Å². The van der Waals surface area contributed by atoms with Crippen LogP contribution in [0.1, 0.15) is 30.7 Å². The molecule has 0 saturated heterocycles. The first-order chi connectivity index (χ1) is 9.74. The van der Waals surface area contributed by atoms with E-state index in [1.165, 1.54) is 12.8 Å². The molecular weight excluding hydrogens is 252 g/mol. The fraction of sp³-hybridized carbons (Fsp3) is 0.562. The van der Waals surface area contributed by atoms with E-state index in [1.807, 2.05) is 24.3 Å². The number of carbonyl (C=O) groups is 1. The van der Waals surface area contributed by atoms with Crippen LogP contribution in [0.4, 0.5) is 5.69 Å². The van der Waals surface area contributed by atoms with Crippen LogP contribution in [0.2, 0.25) is 0 Å². The summed E-state index contributed by atoms with van der Waals surface area (Å²) >= 11 is 0. The van der Waals surface area contributed by atoms with E-state index >= 15 is 0 Å². The summed E-state index contributed by atoms with van der Waals surface area (Å²) in [6, 6.07) is 8.06. The summed E-state index contributed by atoms with van der Waals surface area (Å²) in [6.07, 6.45) is 3.45. The number of fused-ring (bicyclic) bond motifs is 1. The van der Waals surface area contributed by atoms with Crippen molar-refractivity contribution in [3.05, 3.63) is 29.8 Å². The number of benzene rings is 1. The minimum absolute atomic E-state index is 0.0515. The standard InChI is InChI=1S/C16H22N2O2/c1-20-9-8-16(6-7-16)11-18-15(19)13-10-17-14-5-3-2-4-12(13)14/h2-5,13,17H,6-11H2,1H3,(H,18,19). The molecule has 4 heteroatoms. The van der Waals surface area contributed by atoms with Crippen LogP contribution in [0, 0.1) is 5.41 Å². The van der Waals surface area contributed by atoms with Crippen molar-refractivity contribution in [1.82, 2.24) is 5.32 Å². The monoisotopic (exact) mass is 274 g/mol.